The van der Waals surface area contributed by atoms with Crippen LogP contribution in [0.1, 0.15) is 127 Å². The van der Waals surface area contributed by atoms with E-state index in [0.717, 1.165) is 55.5 Å². The highest BCUT2D eigenvalue weighted by Crippen LogP contribution is 2.44. The van der Waals surface area contributed by atoms with E-state index in [9.17, 15) is 43.7 Å². The predicted molar refractivity (Wildman–Crippen MR) is 287 cm³/mol. The van der Waals surface area contributed by atoms with Crippen molar-refractivity contribution in [1.29, 1.82) is 0 Å². The first kappa shape index (κ1) is 55.7. The maximum absolute atomic E-state index is 14.7. The fraction of sp³-hybridized carbons (Fsp3) is 0.407. The lowest BCUT2D eigenvalue weighted by atomic mass is 9.94. The quantitative estimate of drug-likeness (QED) is 0.0230. The zero-order chi connectivity index (χ0) is 54.4. The number of para-hydroxylation sites is 1. The van der Waals surface area contributed by atoms with Gasteiger partial charge in [0.05, 0.1) is 42.2 Å². The molecule has 0 aliphatic carbocycles. The number of aliphatic hydroxyl groups is 2. The summed E-state index contributed by atoms with van der Waals surface area (Å²) in [6, 6.07) is 27.7. The first-order valence-electron chi connectivity index (χ1n) is 26.7. The number of piperidine rings is 1. The summed E-state index contributed by atoms with van der Waals surface area (Å²) in [4.78, 5) is 64.8. The Balaban J connectivity index is 0.840. The molecule has 2 aromatic heterocycles. The average molecular weight is 1050 g/mol. The number of halogens is 1. The van der Waals surface area contributed by atoms with Crippen LogP contribution < -0.4 is 15.4 Å². The lowest BCUT2D eigenvalue weighted by Gasteiger charge is -2.29. The van der Waals surface area contributed by atoms with Crippen molar-refractivity contribution in [1.82, 2.24) is 29.8 Å². The standard InChI is InChI=1S/C59H68FN7O10/c1-38(2)55-54(58(74)61-43-16-5-3-6-17-43)53(56(40-21-23-42(60)24-22-40)66(55)29-27-45(68)34-46(69)35-52(71)72)41-14-9-19-47(33-41)77-32-12-18-44-36-65(64-63-44)28-7-4-8-30-76-31-11-15-39-13-10-20-48-49(39)37-67(59(48)75)50-25-26-51(70)62-57(50)73/h3,5-6,9-10,13-14,16-17,19-24,33,36,38,45-46,50,68-69H,4,7-8,11-12,15,18,25-32,34-35,37H2,1-2H3,(H,61,74)(H,71,72)(H,62,70,73)/t45-,46-,50?/m1/s1. The second-order valence-electron chi connectivity index (χ2n) is 20.1. The van der Waals surface area contributed by atoms with Crippen LogP contribution in [0.4, 0.5) is 10.1 Å². The molecule has 5 N–H and O–H groups in total. The molecule has 2 aliphatic heterocycles. The van der Waals surface area contributed by atoms with Crippen LogP contribution in [0.2, 0.25) is 0 Å². The number of benzene rings is 4. The molecule has 1 saturated heterocycles. The molecule has 406 valence electrons. The van der Waals surface area contributed by atoms with E-state index in [-0.39, 0.29) is 49.4 Å². The third-order valence-corrected chi connectivity index (χ3v) is 14.0. The van der Waals surface area contributed by atoms with Gasteiger partial charge in [-0.05, 0) is 147 Å². The maximum Gasteiger partial charge on any atom is 0.305 e. The van der Waals surface area contributed by atoms with E-state index in [4.69, 9.17) is 9.47 Å². The number of carboxylic acids is 1. The number of carbonyl (C=O) groups is 5. The molecule has 4 amide bonds. The molecule has 17 nitrogen and oxygen atoms in total. The fourth-order valence-corrected chi connectivity index (χ4v) is 10.4. The lowest BCUT2D eigenvalue weighted by Crippen LogP contribution is -2.52. The summed E-state index contributed by atoms with van der Waals surface area (Å²) in [6.07, 6.45) is 5.37. The van der Waals surface area contributed by atoms with Crippen LogP contribution >= 0.6 is 0 Å². The topological polar surface area (TPSA) is 227 Å². The smallest absolute Gasteiger partial charge is 0.305 e. The van der Waals surface area contributed by atoms with Gasteiger partial charge in [0.1, 0.15) is 17.6 Å². The minimum atomic E-state index is -1.24. The molecule has 1 unspecified atom stereocenters. The fourth-order valence-electron chi connectivity index (χ4n) is 10.4. The summed E-state index contributed by atoms with van der Waals surface area (Å²) in [5.74, 6) is -2.47. The molecule has 0 spiro atoms. The number of hydrogen-bond acceptors (Lipinski definition) is 11. The van der Waals surface area contributed by atoms with Crippen molar-refractivity contribution >= 4 is 35.3 Å². The number of amides is 4. The van der Waals surface area contributed by atoms with E-state index in [1.807, 2.05) is 83.9 Å². The number of aromatic nitrogens is 4. The van der Waals surface area contributed by atoms with Gasteiger partial charge in [0.25, 0.3) is 11.8 Å². The average Bonchev–Trinajstić information content (AvgIpc) is 4.18. The molecule has 0 radical (unpaired) electrons. The van der Waals surface area contributed by atoms with E-state index < -0.39 is 42.4 Å². The highest BCUT2D eigenvalue weighted by molar-refractivity contribution is 6.12. The zero-order valence-electron chi connectivity index (χ0n) is 43.7. The summed E-state index contributed by atoms with van der Waals surface area (Å²) < 4.78 is 30.6. The molecule has 0 saturated carbocycles. The monoisotopic (exact) mass is 1050 g/mol. The molecule has 2 aliphatic rings. The lowest BCUT2D eigenvalue weighted by molar-refractivity contribution is -0.140. The summed E-state index contributed by atoms with van der Waals surface area (Å²) in [5.41, 5.74) is 7.72. The van der Waals surface area contributed by atoms with Gasteiger partial charge in [-0.1, -0.05) is 61.5 Å². The maximum atomic E-state index is 14.7. The number of anilines is 1. The van der Waals surface area contributed by atoms with Crippen LogP contribution in [0.3, 0.4) is 0 Å². The largest absolute Gasteiger partial charge is 0.494 e. The summed E-state index contributed by atoms with van der Waals surface area (Å²) >= 11 is 0. The third kappa shape index (κ3) is 14.5. The number of fused-ring (bicyclic) bond motifs is 1. The number of nitrogens with zero attached hydrogens (tertiary/aromatic N) is 5. The number of imide groups is 1. The molecule has 0 bridgehead atoms. The van der Waals surface area contributed by atoms with Crippen molar-refractivity contribution in [2.75, 3.05) is 25.1 Å². The number of hydrogen-bond donors (Lipinski definition) is 5. The molecular formula is C59H68FN7O10. The van der Waals surface area contributed by atoms with Gasteiger partial charge in [0.2, 0.25) is 11.8 Å². The Hall–Kier alpha value is -7.54. The number of aliphatic hydroxyl groups excluding tert-OH is 2. The number of carbonyl (C=O) groups excluding carboxylic acids is 4. The molecule has 6 aromatic rings. The van der Waals surface area contributed by atoms with Crippen molar-refractivity contribution in [2.45, 2.75) is 135 Å². The SMILES string of the molecule is CC(C)c1c(C(=O)Nc2ccccc2)c(-c2cccc(OCCCc3cn(CCCCCOCCCc4cccc5c4CN(C4CCC(=O)NC4=O)C5=O)nn3)c2)c(-c2ccc(F)cc2)n1CC[C@@H](O)C[C@@H](O)CC(=O)O. The number of carboxylic acid groups (broad SMARTS) is 1. The van der Waals surface area contributed by atoms with Gasteiger partial charge < -0.3 is 39.6 Å². The summed E-state index contributed by atoms with van der Waals surface area (Å²) in [6.45, 7) is 6.86. The van der Waals surface area contributed by atoms with Crippen LogP contribution in [0.15, 0.2) is 103 Å². The molecular weight excluding hydrogens is 986 g/mol. The Morgan fingerprint density at radius 3 is 2.38 bits per heavy atom. The minimum absolute atomic E-state index is 0.135. The molecule has 1 fully saturated rings. The Bertz CT molecular complexity index is 3010. The highest BCUT2D eigenvalue weighted by Gasteiger charge is 2.40. The van der Waals surface area contributed by atoms with Crippen LogP contribution in [-0.2, 0) is 51.6 Å². The second kappa shape index (κ2) is 26.5. The second-order valence-corrected chi connectivity index (χ2v) is 20.1. The van der Waals surface area contributed by atoms with E-state index >= 15 is 0 Å². The molecule has 4 heterocycles. The number of ether oxygens (including phenoxy) is 2. The minimum Gasteiger partial charge on any atom is -0.494 e. The van der Waals surface area contributed by atoms with E-state index in [2.05, 4.69) is 20.9 Å². The van der Waals surface area contributed by atoms with Crippen molar-refractivity contribution in [2.24, 2.45) is 0 Å². The van der Waals surface area contributed by atoms with Gasteiger partial charge in [-0.2, -0.15) is 0 Å². The summed E-state index contributed by atoms with van der Waals surface area (Å²) in [5, 5.41) is 44.7. The molecule has 3 atom stereocenters. The van der Waals surface area contributed by atoms with Crippen molar-refractivity contribution in [3.8, 4) is 28.1 Å². The van der Waals surface area contributed by atoms with Gasteiger partial charge in [-0.3, -0.25) is 34.0 Å². The Kier molecular flexibility index (Phi) is 19.2. The number of nitrogens with one attached hydrogen (secondary N) is 2. The van der Waals surface area contributed by atoms with Gasteiger partial charge in [0.15, 0.2) is 0 Å². The highest BCUT2D eigenvalue weighted by atomic mass is 19.1. The molecule has 4 aromatic carbocycles. The number of unbranched alkanes of at least 4 members (excludes halogenated alkanes) is 2. The van der Waals surface area contributed by atoms with Crippen LogP contribution in [-0.4, -0.2) is 107 Å². The Labute approximate surface area is 447 Å². The van der Waals surface area contributed by atoms with Crippen molar-refractivity contribution in [3.63, 3.8) is 0 Å². The van der Waals surface area contributed by atoms with Crippen LogP contribution in [0, 0.1) is 5.82 Å². The normalized spacial score (nSPS) is 15.2. The molecule has 77 heavy (non-hydrogen) atoms. The Morgan fingerprint density at radius 2 is 1.61 bits per heavy atom. The van der Waals surface area contributed by atoms with Crippen LogP contribution in [0.25, 0.3) is 22.4 Å². The molecule has 8 rings (SSSR count). The van der Waals surface area contributed by atoms with E-state index in [0.29, 0.717) is 96.3 Å². The predicted octanol–water partition coefficient (Wildman–Crippen LogP) is 8.50. The number of rotatable bonds is 28. The first-order valence-corrected chi connectivity index (χ1v) is 26.7. The molecule has 18 heteroatoms. The van der Waals surface area contributed by atoms with Gasteiger partial charge >= 0.3 is 5.97 Å². The first-order chi connectivity index (χ1) is 37.2. The van der Waals surface area contributed by atoms with E-state index in [1.54, 1.807) is 35.2 Å². The van der Waals surface area contributed by atoms with Gasteiger partial charge in [-0.25, -0.2) is 4.39 Å². The van der Waals surface area contributed by atoms with E-state index in [1.165, 1.54) is 12.1 Å². The number of aliphatic carboxylic acids is 1. The van der Waals surface area contributed by atoms with Gasteiger partial charge in [0, 0.05) is 68.0 Å². The van der Waals surface area contributed by atoms with Gasteiger partial charge in [-0.15, -0.1) is 5.10 Å². The van der Waals surface area contributed by atoms with Crippen LogP contribution in [0.5, 0.6) is 5.75 Å². The summed E-state index contributed by atoms with van der Waals surface area (Å²) in [7, 11) is 0. The zero-order valence-corrected chi connectivity index (χ0v) is 43.7. The van der Waals surface area contributed by atoms with Crippen molar-refractivity contribution < 1.29 is 53.2 Å². The third-order valence-electron chi connectivity index (χ3n) is 14.0. The Morgan fingerprint density at radius 1 is 0.844 bits per heavy atom. The number of aryl methyl sites for hydroxylation is 3. The van der Waals surface area contributed by atoms with Crippen molar-refractivity contribution in [3.05, 3.63) is 143 Å².